The van der Waals surface area contributed by atoms with Gasteiger partial charge < -0.3 is 14.5 Å². The van der Waals surface area contributed by atoms with Crippen LogP contribution in [-0.4, -0.2) is 54.4 Å². The second-order valence-electron chi connectivity index (χ2n) is 9.03. The maximum absolute atomic E-state index is 13.2. The van der Waals surface area contributed by atoms with Crippen molar-refractivity contribution < 1.29 is 14.3 Å². The summed E-state index contributed by atoms with van der Waals surface area (Å²) in [5.41, 5.74) is 2.42. The van der Waals surface area contributed by atoms with E-state index in [-0.39, 0.29) is 23.8 Å². The smallest absolute Gasteiger partial charge is 0.298 e. The summed E-state index contributed by atoms with van der Waals surface area (Å²) in [5, 5.41) is 0.622. The molecule has 2 fully saturated rings. The summed E-state index contributed by atoms with van der Waals surface area (Å²) in [6.45, 7) is 3.10. The normalized spacial score (nSPS) is 18.6. The summed E-state index contributed by atoms with van der Waals surface area (Å²) in [4.78, 5) is 29.5. The lowest BCUT2D eigenvalue weighted by molar-refractivity contribution is -0.129. The largest absolute Gasteiger partial charge is 0.488 e. The van der Waals surface area contributed by atoms with Crippen LogP contribution >= 0.6 is 11.6 Å². The topological polar surface area (TPSA) is 49.9 Å². The quantitative estimate of drug-likeness (QED) is 0.604. The Morgan fingerprint density at radius 3 is 2.45 bits per heavy atom. The van der Waals surface area contributed by atoms with E-state index in [4.69, 9.17) is 16.3 Å². The first-order chi connectivity index (χ1) is 16.0. The molecule has 0 radical (unpaired) electrons. The molecule has 3 aliphatic heterocycles. The summed E-state index contributed by atoms with van der Waals surface area (Å²) in [6.07, 6.45) is 4.64. The Hall–Kier alpha value is -3.23. The molecule has 3 aliphatic rings. The standard InChI is InChI=1S/C27H25ClN2O3/c28-23-7-8-24-21(17-23)16-22(18-33-24)26(32)30-15-12-27(19-30)10-13-29(14-11-27)25(31)9-6-20-4-2-1-3-5-20/h1-5,7-8,16-17H,10-15,18-19H2. The number of piperidine rings is 1. The molecular formula is C27H25ClN2O3. The molecule has 3 heterocycles. The van der Waals surface area contributed by atoms with Crippen molar-refractivity contribution in [2.45, 2.75) is 19.3 Å². The van der Waals surface area contributed by atoms with Gasteiger partial charge in [0.25, 0.3) is 11.8 Å². The van der Waals surface area contributed by atoms with Gasteiger partial charge in [0.05, 0.1) is 5.57 Å². The molecule has 1 spiro atoms. The van der Waals surface area contributed by atoms with Crippen LogP contribution in [0.4, 0.5) is 0 Å². The van der Waals surface area contributed by atoms with Crippen molar-refractivity contribution in [3.63, 3.8) is 0 Å². The fourth-order valence-electron chi connectivity index (χ4n) is 4.90. The van der Waals surface area contributed by atoms with Crippen LogP contribution in [-0.2, 0) is 9.59 Å². The number of fused-ring (bicyclic) bond motifs is 1. The predicted molar refractivity (Wildman–Crippen MR) is 128 cm³/mol. The first-order valence-electron chi connectivity index (χ1n) is 11.3. The van der Waals surface area contributed by atoms with Crippen LogP contribution in [0.3, 0.4) is 0 Å². The lowest BCUT2D eigenvalue weighted by Gasteiger charge is -2.38. The van der Waals surface area contributed by atoms with Gasteiger partial charge in [0.15, 0.2) is 0 Å². The van der Waals surface area contributed by atoms with Gasteiger partial charge in [-0.1, -0.05) is 35.7 Å². The van der Waals surface area contributed by atoms with E-state index in [0.717, 1.165) is 49.2 Å². The molecule has 0 atom stereocenters. The zero-order chi connectivity index (χ0) is 22.8. The first kappa shape index (κ1) is 21.6. The molecule has 168 valence electrons. The highest BCUT2D eigenvalue weighted by molar-refractivity contribution is 6.30. The molecule has 0 saturated carbocycles. The Bertz CT molecular complexity index is 1170. The highest BCUT2D eigenvalue weighted by atomic mass is 35.5. The number of rotatable bonds is 1. The number of carbonyl (C=O) groups is 2. The summed E-state index contributed by atoms with van der Waals surface area (Å²) in [6, 6.07) is 15.0. The van der Waals surface area contributed by atoms with Crippen LogP contribution < -0.4 is 4.74 Å². The van der Waals surface area contributed by atoms with Crippen LogP contribution in [0.1, 0.15) is 30.4 Å². The second kappa shape index (κ2) is 8.96. The number of hydrogen-bond donors (Lipinski definition) is 0. The Kier molecular flexibility index (Phi) is 5.86. The van der Waals surface area contributed by atoms with Crippen LogP contribution in [0.25, 0.3) is 6.08 Å². The van der Waals surface area contributed by atoms with Crippen LogP contribution in [0.15, 0.2) is 54.1 Å². The summed E-state index contributed by atoms with van der Waals surface area (Å²) < 4.78 is 5.77. The SMILES string of the molecule is O=C(C#Cc1ccccc1)N1CCC2(CC1)CCN(C(=O)C1=Cc3cc(Cl)ccc3OC1)C2. The zero-order valence-electron chi connectivity index (χ0n) is 18.4. The molecule has 0 aromatic heterocycles. The molecule has 0 N–H and O–H groups in total. The van der Waals surface area contributed by atoms with E-state index in [2.05, 4.69) is 11.8 Å². The molecule has 2 aromatic carbocycles. The monoisotopic (exact) mass is 460 g/mol. The van der Waals surface area contributed by atoms with Crippen molar-refractivity contribution in [1.82, 2.24) is 9.80 Å². The van der Waals surface area contributed by atoms with Crippen molar-refractivity contribution in [3.8, 4) is 17.6 Å². The highest BCUT2D eigenvalue weighted by Crippen LogP contribution is 2.41. The van der Waals surface area contributed by atoms with Gasteiger partial charge in [-0.15, -0.1) is 0 Å². The molecule has 0 aliphatic carbocycles. The average molecular weight is 461 g/mol. The van der Waals surface area contributed by atoms with E-state index >= 15 is 0 Å². The van der Waals surface area contributed by atoms with E-state index in [1.807, 2.05) is 58.3 Å². The molecule has 0 bridgehead atoms. The maximum atomic E-state index is 13.2. The molecule has 2 amide bonds. The van der Waals surface area contributed by atoms with Crippen molar-refractivity contribution in [3.05, 3.63) is 70.3 Å². The fraction of sp³-hybridized carbons (Fsp3) is 0.333. The van der Waals surface area contributed by atoms with Gasteiger partial charge >= 0.3 is 0 Å². The first-order valence-corrected chi connectivity index (χ1v) is 11.7. The number of hydrogen-bond acceptors (Lipinski definition) is 3. The molecule has 6 heteroatoms. The minimum absolute atomic E-state index is 0.0322. The van der Waals surface area contributed by atoms with E-state index < -0.39 is 0 Å². The lowest BCUT2D eigenvalue weighted by atomic mass is 9.78. The molecule has 33 heavy (non-hydrogen) atoms. The fourth-order valence-corrected chi connectivity index (χ4v) is 5.08. The van der Waals surface area contributed by atoms with Gasteiger partial charge in [-0.2, -0.15) is 0 Å². The van der Waals surface area contributed by atoms with Gasteiger partial charge in [-0.25, -0.2) is 0 Å². The highest BCUT2D eigenvalue weighted by Gasteiger charge is 2.43. The van der Waals surface area contributed by atoms with E-state index in [9.17, 15) is 9.59 Å². The lowest BCUT2D eigenvalue weighted by Crippen LogP contribution is -2.44. The second-order valence-corrected chi connectivity index (χ2v) is 9.46. The number of carbonyl (C=O) groups excluding carboxylic acids is 2. The Labute approximate surface area is 199 Å². The molecule has 5 nitrogen and oxygen atoms in total. The predicted octanol–water partition coefficient (Wildman–Crippen LogP) is 4.01. The van der Waals surface area contributed by atoms with E-state index in [1.165, 1.54) is 0 Å². The van der Waals surface area contributed by atoms with Crippen molar-refractivity contribution in [2.24, 2.45) is 5.41 Å². The third-order valence-electron chi connectivity index (χ3n) is 6.88. The van der Waals surface area contributed by atoms with Gasteiger partial charge in [-0.05, 0) is 61.1 Å². The summed E-state index contributed by atoms with van der Waals surface area (Å²) in [7, 11) is 0. The molecule has 5 rings (SSSR count). The number of benzene rings is 2. The summed E-state index contributed by atoms with van der Waals surface area (Å²) in [5.74, 6) is 6.38. The zero-order valence-corrected chi connectivity index (χ0v) is 19.1. The number of ether oxygens (including phenoxy) is 1. The van der Waals surface area contributed by atoms with Crippen molar-refractivity contribution in [2.75, 3.05) is 32.8 Å². The van der Waals surface area contributed by atoms with Crippen molar-refractivity contribution in [1.29, 1.82) is 0 Å². The minimum atomic E-state index is -0.124. The summed E-state index contributed by atoms with van der Waals surface area (Å²) >= 11 is 6.10. The van der Waals surface area contributed by atoms with Crippen LogP contribution in [0.2, 0.25) is 5.02 Å². The average Bonchev–Trinajstić information content (AvgIpc) is 3.26. The van der Waals surface area contributed by atoms with E-state index in [0.29, 0.717) is 23.7 Å². The number of amides is 2. The number of halogens is 1. The van der Waals surface area contributed by atoms with Gasteiger partial charge in [0, 0.05) is 48.2 Å². The molecular weight excluding hydrogens is 436 g/mol. The van der Waals surface area contributed by atoms with E-state index in [1.54, 1.807) is 6.07 Å². The number of nitrogens with zero attached hydrogens (tertiary/aromatic N) is 2. The third kappa shape index (κ3) is 4.62. The van der Waals surface area contributed by atoms with Crippen LogP contribution in [0, 0.1) is 17.3 Å². The molecule has 0 unspecified atom stereocenters. The van der Waals surface area contributed by atoms with Gasteiger partial charge in [0.2, 0.25) is 0 Å². The Balaban J connectivity index is 1.19. The van der Waals surface area contributed by atoms with Gasteiger partial charge in [-0.3, -0.25) is 9.59 Å². The maximum Gasteiger partial charge on any atom is 0.298 e. The third-order valence-corrected chi connectivity index (χ3v) is 7.12. The molecule has 2 saturated heterocycles. The Morgan fingerprint density at radius 2 is 1.70 bits per heavy atom. The van der Waals surface area contributed by atoms with Gasteiger partial charge in [0.1, 0.15) is 12.4 Å². The molecule has 2 aromatic rings. The van der Waals surface area contributed by atoms with Crippen LogP contribution in [0.5, 0.6) is 5.75 Å². The minimum Gasteiger partial charge on any atom is -0.488 e. The number of likely N-dealkylation sites (tertiary alicyclic amines) is 2. The Morgan fingerprint density at radius 1 is 0.970 bits per heavy atom. The van der Waals surface area contributed by atoms with Crippen molar-refractivity contribution >= 4 is 29.5 Å².